The van der Waals surface area contributed by atoms with Gasteiger partial charge in [0.1, 0.15) is 11.6 Å². The number of imidazole rings is 1. The number of nitrogens with zero attached hydrogens (tertiary/aromatic N) is 2. The number of nitrogens with one attached hydrogen (secondary N) is 1. The van der Waals surface area contributed by atoms with Crippen molar-refractivity contribution in [1.29, 1.82) is 0 Å². The zero-order valence-corrected chi connectivity index (χ0v) is 9.74. The van der Waals surface area contributed by atoms with Gasteiger partial charge in [-0.05, 0) is 18.2 Å². The number of benzene rings is 1. The van der Waals surface area contributed by atoms with Crippen LogP contribution in [-0.4, -0.2) is 9.55 Å². The van der Waals surface area contributed by atoms with Gasteiger partial charge in [0.05, 0.1) is 0 Å². The molecule has 1 aromatic carbocycles. The van der Waals surface area contributed by atoms with Crippen molar-refractivity contribution in [2.75, 3.05) is 5.32 Å². The Balaban J connectivity index is 2.08. The van der Waals surface area contributed by atoms with Crippen LogP contribution in [-0.2, 0) is 13.1 Å². The van der Waals surface area contributed by atoms with Gasteiger partial charge in [-0.25, -0.2) is 13.8 Å². The van der Waals surface area contributed by atoms with Crippen LogP contribution in [0, 0.1) is 11.6 Å². The first-order chi connectivity index (χ1) is 8.70. The molecule has 94 valence electrons. The summed E-state index contributed by atoms with van der Waals surface area (Å²) in [5.74, 6) is -0.299. The van der Waals surface area contributed by atoms with Gasteiger partial charge >= 0.3 is 0 Å². The van der Waals surface area contributed by atoms with Gasteiger partial charge in [-0.1, -0.05) is 6.08 Å². The second kappa shape index (κ2) is 5.44. The summed E-state index contributed by atoms with van der Waals surface area (Å²) in [5, 5.41) is 2.96. The first-order valence-electron chi connectivity index (χ1n) is 5.50. The molecule has 0 fully saturated rings. The molecule has 0 radical (unpaired) electrons. The van der Waals surface area contributed by atoms with Crippen LogP contribution in [0.5, 0.6) is 0 Å². The third-order valence-corrected chi connectivity index (χ3v) is 2.49. The van der Waals surface area contributed by atoms with Crippen molar-refractivity contribution in [3.63, 3.8) is 0 Å². The van der Waals surface area contributed by atoms with Crippen LogP contribution in [0.2, 0.25) is 0 Å². The van der Waals surface area contributed by atoms with Crippen molar-refractivity contribution >= 4 is 5.95 Å². The van der Waals surface area contributed by atoms with Crippen molar-refractivity contribution in [3.8, 4) is 0 Å². The van der Waals surface area contributed by atoms with Crippen LogP contribution in [0.1, 0.15) is 5.56 Å². The van der Waals surface area contributed by atoms with E-state index in [4.69, 9.17) is 0 Å². The van der Waals surface area contributed by atoms with Gasteiger partial charge in [0.25, 0.3) is 0 Å². The van der Waals surface area contributed by atoms with E-state index in [1.807, 2.05) is 4.57 Å². The molecular weight excluding hydrogens is 236 g/mol. The number of halogens is 2. The molecule has 0 spiro atoms. The minimum Gasteiger partial charge on any atom is -0.351 e. The van der Waals surface area contributed by atoms with Crippen LogP contribution in [0.15, 0.2) is 43.2 Å². The molecule has 0 bridgehead atoms. The number of rotatable bonds is 5. The SMILES string of the molecule is C=CCn1ccnc1NCc1cc(F)ccc1F. The summed E-state index contributed by atoms with van der Waals surface area (Å²) < 4.78 is 28.2. The Morgan fingerprint density at radius 1 is 1.39 bits per heavy atom. The van der Waals surface area contributed by atoms with Crippen molar-refractivity contribution in [2.45, 2.75) is 13.1 Å². The molecule has 1 aromatic heterocycles. The van der Waals surface area contributed by atoms with Gasteiger partial charge in [-0.3, -0.25) is 0 Å². The van der Waals surface area contributed by atoms with E-state index in [1.54, 1.807) is 18.5 Å². The molecule has 0 amide bonds. The van der Waals surface area contributed by atoms with E-state index in [0.717, 1.165) is 12.1 Å². The normalized spacial score (nSPS) is 10.3. The first kappa shape index (κ1) is 12.3. The fourth-order valence-corrected chi connectivity index (χ4v) is 1.62. The predicted octanol–water partition coefficient (Wildman–Crippen LogP) is 2.96. The molecule has 2 aromatic rings. The van der Waals surface area contributed by atoms with Crippen LogP contribution >= 0.6 is 0 Å². The number of hydrogen-bond acceptors (Lipinski definition) is 2. The summed E-state index contributed by atoms with van der Waals surface area (Å²) in [4.78, 5) is 4.09. The molecule has 1 heterocycles. The molecule has 18 heavy (non-hydrogen) atoms. The minimum absolute atomic E-state index is 0.178. The van der Waals surface area contributed by atoms with E-state index in [0.29, 0.717) is 12.5 Å². The zero-order chi connectivity index (χ0) is 13.0. The van der Waals surface area contributed by atoms with E-state index >= 15 is 0 Å². The highest BCUT2D eigenvalue weighted by molar-refractivity contribution is 5.30. The van der Waals surface area contributed by atoms with Crippen molar-refractivity contribution in [3.05, 3.63) is 60.4 Å². The molecule has 0 saturated heterocycles. The van der Waals surface area contributed by atoms with Gasteiger partial charge in [-0.15, -0.1) is 6.58 Å². The molecule has 1 N–H and O–H groups in total. The standard InChI is InChI=1S/C13H13F2N3/c1-2-6-18-7-5-16-13(18)17-9-10-8-11(14)3-4-12(10)15/h2-5,7-8H,1,6,9H2,(H,16,17). The van der Waals surface area contributed by atoms with Gasteiger partial charge in [-0.2, -0.15) is 0 Å². The first-order valence-corrected chi connectivity index (χ1v) is 5.50. The van der Waals surface area contributed by atoms with E-state index in [9.17, 15) is 8.78 Å². The lowest BCUT2D eigenvalue weighted by molar-refractivity contribution is 0.587. The van der Waals surface area contributed by atoms with E-state index in [1.165, 1.54) is 6.07 Å². The molecule has 0 aliphatic heterocycles. The summed E-state index contributed by atoms with van der Waals surface area (Å²) in [6, 6.07) is 3.38. The average molecular weight is 249 g/mol. The highest BCUT2D eigenvalue weighted by Crippen LogP contribution is 2.12. The number of hydrogen-bond donors (Lipinski definition) is 1. The van der Waals surface area contributed by atoms with E-state index in [2.05, 4.69) is 16.9 Å². The zero-order valence-electron chi connectivity index (χ0n) is 9.74. The molecular formula is C13H13F2N3. The molecule has 2 rings (SSSR count). The largest absolute Gasteiger partial charge is 0.351 e. The fourth-order valence-electron chi connectivity index (χ4n) is 1.62. The lowest BCUT2D eigenvalue weighted by atomic mass is 10.2. The third kappa shape index (κ3) is 2.74. The Hall–Kier alpha value is -2.17. The Kier molecular flexibility index (Phi) is 3.72. The highest BCUT2D eigenvalue weighted by atomic mass is 19.1. The maximum Gasteiger partial charge on any atom is 0.203 e. The van der Waals surface area contributed by atoms with Crippen LogP contribution in [0.4, 0.5) is 14.7 Å². The quantitative estimate of drug-likeness (QED) is 0.826. The minimum atomic E-state index is -0.456. The van der Waals surface area contributed by atoms with Crippen LogP contribution in [0.3, 0.4) is 0 Å². The van der Waals surface area contributed by atoms with Gasteiger partial charge in [0.2, 0.25) is 5.95 Å². The second-order valence-electron chi connectivity index (χ2n) is 3.78. The van der Waals surface area contributed by atoms with E-state index < -0.39 is 11.6 Å². The van der Waals surface area contributed by atoms with Crippen LogP contribution < -0.4 is 5.32 Å². The number of aromatic nitrogens is 2. The van der Waals surface area contributed by atoms with Gasteiger partial charge in [0, 0.05) is 31.0 Å². The van der Waals surface area contributed by atoms with Crippen molar-refractivity contribution < 1.29 is 8.78 Å². The maximum absolute atomic E-state index is 13.4. The highest BCUT2D eigenvalue weighted by Gasteiger charge is 2.05. The molecule has 0 aliphatic rings. The molecule has 0 saturated carbocycles. The number of allylic oxidation sites excluding steroid dienone is 1. The topological polar surface area (TPSA) is 29.9 Å². The van der Waals surface area contributed by atoms with E-state index in [-0.39, 0.29) is 12.1 Å². The third-order valence-electron chi connectivity index (χ3n) is 2.49. The summed E-state index contributed by atoms with van der Waals surface area (Å²) >= 11 is 0. The lowest BCUT2D eigenvalue weighted by Gasteiger charge is -2.08. The summed E-state index contributed by atoms with van der Waals surface area (Å²) in [6.07, 6.45) is 5.15. The Morgan fingerprint density at radius 3 is 3.00 bits per heavy atom. The maximum atomic E-state index is 13.4. The molecule has 0 aliphatic carbocycles. The number of anilines is 1. The Labute approximate surface area is 104 Å². The second-order valence-corrected chi connectivity index (χ2v) is 3.78. The summed E-state index contributed by atoms with van der Waals surface area (Å²) in [5.41, 5.74) is 0.267. The summed E-state index contributed by atoms with van der Waals surface area (Å²) in [6.45, 7) is 4.42. The molecule has 3 nitrogen and oxygen atoms in total. The van der Waals surface area contributed by atoms with Crippen LogP contribution in [0.25, 0.3) is 0 Å². The smallest absolute Gasteiger partial charge is 0.203 e. The average Bonchev–Trinajstić information content (AvgIpc) is 2.78. The van der Waals surface area contributed by atoms with Gasteiger partial charge < -0.3 is 9.88 Å². The molecule has 5 heteroatoms. The Bertz CT molecular complexity index is 549. The predicted molar refractivity (Wildman–Crippen MR) is 66.1 cm³/mol. The Morgan fingerprint density at radius 2 is 2.22 bits per heavy atom. The molecule has 0 atom stereocenters. The monoisotopic (exact) mass is 249 g/mol. The van der Waals surface area contributed by atoms with Crippen molar-refractivity contribution in [2.24, 2.45) is 0 Å². The van der Waals surface area contributed by atoms with Crippen molar-refractivity contribution in [1.82, 2.24) is 9.55 Å². The fraction of sp³-hybridized carbons (Fsp3) is 0.154. The summed E-state index contributed by atoms with van der Waals surface area (Å²) in [7, 11) is 0. The molecule has 0 unspecified atom stereocenters. The lowest BCUT2D eigenvalue weighted by Crippen LogP contribution is -2.08. The van der Waals surface area contributed by atoms with Gasteiger partial charge in [0.15, 0.2) is 0 Å².